The van der Waals surface area contributed by atoms with E-state index in [4.69, 9.17) is 0 Å². The average molecular weight is 416 g/mol. The summed E-state index contributed by atoms with van der Waals surface area (Å²) < 4.78 is 0. The van der Waals surface area contributed by atoms with E-state index in [-0.39, 0.29) is 28.5 Å². The second-order valence-corrected chi connectivity index (χ2v) is 9.17. The topological polar surface area (TPSA) is 82.0 Å². The van der Waals surface area contributed by atoms with Crippen molar-refractivity contribution in [3.05, 3.63) is 33.9 Å². The fraction of sp³-hybridized carbons (Fsp3) is 0.682. The maximum atomic E-state index is 13.2. The van der Waals surface area contributed by atoms with Crippen LogP contribution in [0.4, 0.5) is 11.4 Å². The highest BCUT2D eigenvalue weighted by atomic mass is 16.6. The number of nitrogens with zero attached hydrogens (tertiary/aromatic N) is 4. The van der Waals surface area contributed by atoms with Gasteiger partial charge in [0, 0.05) is 56.6 Å². The molecule has 0 aromatic heterocycles. The lowest BCUT2D eigenvalue weighted by Crippen LogP contribution is -2.62. The van der Waals surface area contributed by atoms with Crippen molar-refractivity contribution in [2.45, 2.75) is 44.2 Å². The number of nitrogens with one attached hydrogen (secondary N) is 1. The van der Waals surface area contributed by atoms with E-state index in [9.17, 15) is 14.9 Å². The molecule has 1 aliphatic carbocycles. The molecule has 1 aromatic rings. The van der Waals surface area contributed by atoms with Crippen LogP contribution in [0.3, 0.4) is 0 Å². The predicted molar refractivity (Wildman–Crippen MR) is 117 cm³/mol. The number of piperazine rings is 1. The van der Waals surface area contributed by atoms with Crippen molar-refractivity contribution in [3.8, 4) is 0 Å². The van der Waals surface area contributed by atoms with Gasteiger partial charge in [0.25, 0.3) is 5.69 Å². The van der Waals surface area contributed by atoms with E-state index >= 15 is 0 Å². The Hall–Kier alpha value is -2.19. The van der Waals surface area contributed by atoms with Gasteiger partial charge in [0.1, 0.15) is 0 Å². The number of nitro groups is 1. The van der Waals surface area contributed by atoms with Crippen LogP contribution in [0.25, 0.3) is 0 Å². The number of rotatable bonds is 6. The minimum atomic E-state index is -0.351. The highest BCUT2D eigenvalue weighted by Crippen LogP contribution is 2.39. The van der Waals surface area contributed by atoms with Crippen molar-refractivity contribution in [2.75, 3.05) is 51.7 Å². The Morgan fingerprint density at radius 3 is 2.73 bits per heavy atom. The molecule has 164 valence electrons. The quantitative estimate of drug-likeness (QED) is 0.564. The van der Waals surface area contributed by atoms with Crippen molar-refractivity contribution >= 4 is 17.3 Å². The summed E-state index contributed by atoms with van der Waals surface area (Å²) in [5.41, 5.74) is 2.08. The molecule has 30 heavy (non-hydrogen) atoms. The number of amides is 1. The number of hydrogen-bond donors (Lipinski definition) is 1. The normalized spacial score (nSPS) is 24.6. The van der Waals surface area contributed by atoms with E-state index in [1.54, 1.807) is 12.1 Å². The van der Waals surface area contributed by atoms with E-state index in [1.165, 1.54) is 25.7 Å². The minimum Gasteiger partial charge on any atom is -0.365 e. The fourth-order valence-corrected chi connectivity index (χ4v) is 5.38. The molecule has 1 amide bonds. The minimum absolute atomic E-state index is 0.0669. The zero-order valence-corrected chi connectivity index (χ0v) is 18.0. The standard InChI is InChI=1S/C22H33N5O3/c1-24(2)10-9-23-22(28)19-14-16-13-18(27(29)30)7-8-20(16)26-12-11-25(15-21(19)26)17-5-3-4-6-17/h7-8,13,17,19,21H,3-6,9-12,14-15H2,1-2H3,(H,23,28)/t19-,21-/m0/s1. The number of fused-ring (bicyclic) bond motifs is 3. The lowest BCUT2D eigenvalue weighted by atomic mass is 9.83. The lowest BCUT2D eigenvalue weighted by molar-refractivity contribution is -0.384. The summed E-state index contributed by atoms with van der Waals surface area (Å²) in [5, 5.41) is 14.4. The van der Waals surface area contributed by atoms with Gasteiger partial charge in [-0.25, -0.2) is 0 Å². The highest BCUT2D eigenvalue weighted by Gasteiger charge is 2.43. The first-order valence-corrected chi connectivity index (χ1v) is 11.1. The number of carbonyl (C=O) groups is 1. The molecule has 2 fully saturated rings. The number of non-ortho nitro benzene ring substituents is 1. The van der Waals surface area contributed by atoms with E-state index < -0.39 is 0 Å². The van der Waals surface area contributed by atoms with Crippen LogP contribution >= 0.6 is 0 Å². The third kappa shape index (κ3) is 4.30. The average Bonchev–Trinajstić information content (AvgIpc) is 3.26. The Balaban J connectivity index is 1.58. The van der Waals surface area contributed by atoms with E-state index in [0.29, 0.717) is 19.0 Å². The predicted octanol–water partition coefficient (Wildman–Crippen LogP) is 1.88. The van der Waals surface area contributed by atoms with Gasteiger partial charge in [-0.15, -0.1) is 0 Å². The first kappa shape index (κ1) is 21.1. The van der Waals surface area contributed by atoms with Crippen molar-refractivity contribution in [3.63, 3.8) is 0 Å². The van der Waals surface area contributed by atoms with E-state index in [1.807, 2.05) is 20.2 Å². The number of nitro benzene ring substituents is 1. The van der Waals surface area contributed by atoms with Crippen LogP contribution in [0.2, 0.25) is 0 Å². The smallest absolute Gasteiger partial charge is 0.269 e. The number of likely N-dealkylation sites (N-methyl/N-ethyl adjacent to an activating group) is 1. The molecule has 2 atom stereocenters. The molecule has 0 spiro atoms. The monoisotopic (exact) mass is 415 g/mol. The molecule has 8 heteroatoms. The molecular weight excluding hydrogens is 382 g/mol. The molecule has 4 rings (SSSR count). The van der Waals surface area contributed by atoms with Crippen LogP contribution in [0, 0.1) is 16.0 Å². The van der Waals surface area contributed by atoms with Crippen LogP contribution in [-0.2, 0) is 11.2 Å². The molecule has 0 radical (unpaired) electrons. The molecule has 8 nitrogen and oxygen atoms in total. The Morgan fingerprint density at radius 1 is 1.27 bits per heavy atom. The molecule has 1 N–H and O–H groups in total. The maximum Gasteiger partial charge on any atom is 0.269 e. The van der Waals surface area contributed by atoms with Gasteiger partial charge < -0.3 is 15.1 Å². The van der Waals surface area contributed by atoms with Crippen molar-refractivity contribution in [1.29, 1.82) is 0 Å². The first-order chi connectivity index (χ1) is 14.4. The third-order valence-electron chi connectivity index (χ3n) is 6.97. The second-order valence-electron chi connectivity index (χ2n) is 9.17. The summed E-state index contributed by atoms with van der Waals surface area (Å²) in [6.07, 6.45) is 5.68. The largest absolute Gasteiger partial charge is 0.365 e. The van der Waals surface area contributed by atoms with Crippen LogP contribution < -0.4 is 10.2 Å². The van der Waals surface area contributed by atoms with Gasteiger partial charge in [-0.3, -0.25) is 19.8 Å². The second kappa shape index (κ2) is 8.89. The summed E-state index contributed by atoms with van der Waals surface area (Å²) in [7, 11) is 3.98. The lowest BCUT2D eigenvalue weighted by Gasteiger charge is -2.50. The van der Waals surface area contributed by atoms with Crippen molar-refractivity contribution in [2.24, 2.45) is 5.92 Å². The molecule has 0 unspecified atom stereocenters. The van der Waals surface area contributed by atoms with Crippen LogP contribution in [-0.4, -0.2) is 79.5 Å². The molecule has 0 bridgehead atoms. The Morgan fingerprint density at radius 2 is 2.03 bits per heavy atom. The van der Waals surface area contributed by atoms with Gasteiger partial charge in [-0.2, -0.15) is 0 Å². The number of carbonyl (C=O) groups excluding carboxylic acids is 1. The van der Waals surface area contributed by atoms with E-state index in [0.717, 1.165) is 37.4 Å². The molecule has 3 aliphatic rings. The summed E-state index contributed by atoms with van der Waals surface area (Å²) in [5.74, 6) is -0.122. The SMILES string of the molecule is CN(C)CCNC(=O)[C@H]1Cc2cc([N+](=O)[O-])ccc2N2CCN(C3CCCC3)C[C@@H]12. The van der Waals surface area contributed by atoms with Gasteiger partial charge in [0.05, 0.1) is 16.9 Å². The van der Waals surface area contributed by atoms with Gasteiger partial charge in [-0.05, 0) is 45.0 Å². The molecule has 1 aromatic carbocycles. The number of benzene rings is 1. The zero-order valence-electron chi connectivity index (χ0n) is 18.0. The molecule has 2 aliphatic heterocycles. The van der Waals surface area contributed by atoms with Gasteiger partial charge in [-0.1, -0.05) is 12.8 Å². The molecule has 2 heterocycles. The Labute approximate surface area is 178 Å². The number of hydrogen-bond acceptors (Lipinski definition) is 6. The van der Waals surface area contributed by atoms with Crippen molar-refractivity contribution in [1.82, 2.24) is 15.1 Å². The van der Waals surface area contributed by atoms with Crippen molar-refractivity contribution < 1.29 is 9.72 Å². The fourth-order valence-electron chi connectivity index (χ4n) is 5.38. The summed E-state index contributed by atoms with van der Waals surface area (Å²) in [6.45, 7) is 4.17. The molecular formula is C22H33N5O3. The zero-order chi connectivity index (χ0) is 21.3. The van der Waals surface area contributed by atoms with Crippen LogP contribution in [0.1, 0.15) is 31.2 Å². The maximum absolute atomic E-state index is 13.2. The molecule has 1 saturated heterocycles. The number of anilines is 1. The first-order valence-electron chi connectivity index (χ1n) is 11.1. The Bertz CT molecular complexity index is 793. The molecule has 1 saturated carbocycles. The van der Waals surface area contributed by atoms with Gasteiger partial charge >= 0.3 is 0 Å². The van der Waals surface area contributed by atoms with Gasteiger partial charge in [0.2, 0.25) is 5.91 Å². The van der Waals surface area contributed by atoms with Gasteiger partial charge in [0.15, 0.2) is 0 Å². The Kier molecular flexibility index (Phi) is 6.24. The van der Waals surface area contributed by atoms with E-state index in [2.05, 4.69) is 20.0 Å². The summed E-state index contributed by atoms with van der Waals surface area (Å²) in [4.78, 5) is 31.1. The summed E-state index contributed by atoms with van der Waals surface area (Å²) in [6, 6.07) is 5.90. The van der Waals surface area contributed by atoms with Crippen LogP contribution in [0.15, 0.2) is 18.2 Å². The third-order valence-corrected chi connectivity index (χ3v) is 6.97. The van der Waals surface area contributed by atoms with Crippen LogP contribution in [0.5, 0.6) is 0 Å². The highest BCUT2D eigenvalue weighted by molar-refractivity contribution is 5.82. The summed E-state index contributed by atoms with van der Waals surface area (Å²) >= 11 is 0.